The first kappa shape index (κ1) is 14.5. The van der Waals surface area contributed by atoms with E-state index in [0.717, 1.165) is 11.1 Å². The summed E-state index contributed by atoms with van der Waals surface area (Å²) in [4.78, 5) is 11.4. The van der Waals surface area contributed by atoms with Crippen LogP contribution in [-0.2, 0) is 0 Å². The van der Waals surface area contributed by atoms with E-state index in [0.29, 0.717) is 11.3 Å². The van der Waals surface area contributed by atoms with Gasteiger partial charge < -0.3 is 4.74 Å². The van der Waals surface area contributed by atoms with Crippen molar-refractivity contribution in [3.05, 3.63) is 59.8 Å². The number of nitrogens with one attached hydrogen (secondary N) is 1. The molecule has 0 bridgehead atoms. The number of carbonyl (C=O) groups is 1. The Kier molecular flexibility index (Phi) is 3.85. The predicted molar refractivity (Wildman–Crippen MR) is 83.1 cm³/mol. The summed E-state index contributed by atoms with van der Waals surface area (Å²) in [6.45, 7) is 1.41. The lowest BCUT2D eigenvalue weighted by Gasteiger charge is -2.06. The highest BCUT2D eigenvalue weighted by atomic mass is 16.5. The van der Waals surface area contributed by atoms with Crippen LogP contribution in [0, 0.1) is 11.3 Å². The van der Waals surface area contributed by atoms with Gasteiger partial charge in [-0.05, 0) is 35.4 Å². The van der Waals surface area contributed by atoms with E-state index in [4.69, 9.17) is 10.00 Å². The quantitative estimate of drug-likeness (QED) is 0.746. The summed E-state index contributed by atoms with van der Waals surface area (Å²) in [5, 5.41) is 18.7. The number of aromatic nitrogens is 3. The van der Waals surface area contributed by atoms with Crippen molar-refractivity contribution in [3.8, 4) is 28.8 Å². The van der Waals surface area contributed by atoms with Gasteiger partial charge in [0, 0.05) is 6.92 Å². The molecule has 1 N–H and O–H groups in total. The molecular formula is C17H12N4O2. The normalized spacial score (nSPS) is 10.1. The molecule has 3 rings (SSSR count). The van der Waals surface area contributed by atoms with Gasteiger partial charge >= 0.3 is 0 Å². The Hall–Kier alpha value is -3.46. The van der Waals surface area contributed by atoms with Crippen molar-refractivity contribution in [3.63, 3.8) is 0 Å². The fraction of sp³-hybridized carbons (Fsp3) is 0.0588. The number of rotatable bonds is 4. The maximum absolute atomic E-state index is 11.4. The van der Waals surface area contributed by atoms with Gasteiger partial charge in [0.2, 0.25) is 0 Å². The summed E-state index contributed by atoms with van der Waals surface area (Å²) in [5.41, 5.74) is 2.73. The van der Waals surface area contributed by atoms with Crippen molar-refractivity contribution in [1.29, 1.82) is 5.26 Å². The molecular weight excluding hydrogens is 292 g/mol. The molecule has 0 aliphatic carbocycles. The third-order valence-electron chi connectivity index (χ3n) is 3.26. The summed E-state index contributed by atoms with van der Waals surface area (Å²) in [6.07, 6.45) is 0. The third kappa shape index (κ3) is 3.09. The maximum atomic E-state index is 11.4. The van der Waals surface area contributed by atoms with Crippen molar-refractivity contribution < 1.29 is 9.53 Å². The smallest absolute Gasteiger partial charge is 0.269 e. The fourth-order valence-corrected chi connectivity index (χ4v) is 2.11. The summed E-state index contributed by atoms with van der Waals surface area (Å²) >= 11 is 0. The second-order valence-corrected chi connectivity index (χ2v) is 4.87. The van der Waals surface area contributed by atoms with Crippen molar-refractivity contribution in [2.75, 3.05) is 0 Å². The molecule has 23 heavy (non-hydrogen) atoms. The molecule has 0 radical (unpaired) electrons. The van der Waals surface area contributed by atoms with Gasteiger partial charge in [-0.25, -0.2) is 0 Å². The minimum absolute atomic E-state index is 0.148. The average Bonchev–Trinajstić information content (AvgIpc) is 3.03. The molecule has 0 atom stereocenters. The van der Waals surface area contributed by atoms with Crippen LogP contribution in [0.15, 0.2) is 48.5 Å². The van der Waals surface area contributed by atoms with Crippen LogP contribution in [0.5, 0.6) is 11.6 Å². The zero-order valence-electron chi connectivity index (χ0n) is 12.3. The number of ketones is 1. The Morgan fingerprint density at radius 3 is 2.65 bits per heavy atom. The number of hydrogen-bond donors (Lipinski definition) is 1. The van der Waals surface area contributed by atoms with Crippen molar-refractivity contribution >= 4 is 5.78 Å². The second-order valence-electron chi connectivity index (χ2n) is 4.87. The number of benzene rings is 2. The second kappa shape index (κ2) is 6.12. The predicted octanol–water partition coefficient (Wildman–Crippen LogP) is 3.34. The molecule has 0 spiro atoms. The van der Waals surface area contributed by atoms with Gasteiger partial charge in [0.15, 0.2) is 11.5 Å². The molecule has 0 saturated carbocycles. The molecule has 0 fully saturated rings. The number of ether oxygens (including phenoxy) is 1. The summed E-state index contributed by atoms with van der Waals surface area (Å²) < 4.78 is 5.64. The topological polar surface area (TPSA) is 91.7 Å². The number of Topliss-reactive ketones (excluding diaryl/α,β-unsaturated/α-hetero) is 1. The average molecular weight is 304 g/mol. The lowest BCUT2D eigenvalue weighted by Crippen LogP contribution is -1.96. The van der Waals surface area contributed by atoms with E-state index >= 15 is 0 Å². The molecule has 1 heterocycles. The van der Waals surface area contributed by atoms with Gasteiger partial charge in [0.25, 0.3) is 5.88 Å². The third-order valence-corrected chi connectivity index (χ3v) is 3.26. The van der Waals surface area contributed by atoms with E-state index in [1.165, 1.54) is 6.92 Å². The molecule has 0 aliphatic rings. The molecule has 112 valence electrons. The number of hydrogen-bond acceptors (Lipinski definition) is 5. The van der Waals surface area contributed by atoms with E-state index in [9.17, 15) is 4.79 Å². The van der Waals surface area contributed by atoms with Gasteiger partial charge in [-0.2, -0.15) is 5.26 Å². The van der Waals surface area contributed by atoms with Crippen molar-refractivity contribution in [1.82, 2.24) is 15.4 Å². The minimum Gasteiger partial charge on any atom is -0.436 e. The Morgan fingerprint density at radius 1 is 1.17 bits per heavy atom. The van der Waals surface area contributed by atoms with Gasteiger partial charge in [-0.15, -0.1) is 0 Å². The molecule has 0 unspecified atom stereocenters. The highest BCUT2D eigenvalue weighted by molar-refractivity contribution is 5.94. The largest absolute Gasteiger partial charge is 0.436 e. The molecule has 0 aliphatic heterocycles. The first-order valence-corrected chi connectivity index (χ1v) is 6.88. The molecule has 1 aromatic heterocycles. The van der Waals surface area contributed by atoms with Crippen LogP contribution in [0.1, 0.15) is 23.0 Å². The molecule has 0 saturated heterocycles. The van der Waals surface area contributed by atoms with Gasteiger partial charge in [-0.1, -0.05) is 34.6 Å². The van der Waals surface area contributed by atoms with E-state index in [1.54, 1.807) is 18.2 Å². The van der Waals surface area contributed by atoms with Crippen LogP contribution >= 0.6 is 0 Å². The molecule has 0 amide bonds. The molecule has 6 heteroatoms. The van der Waals surface area contributed by atoms with E-state index in [2.05, 4.69) is 21.5 Å². The van der Waals surface area contributed by atoms with E-state index < -0.39 is 0 Å². The van der Waals surface area contributed by atoms with Crippen LogP contribution in [-0.4, -0.2) is 21.2 Å². The minimum atomic E-state index is -0.201. The number of nitriles is 1. The van der Waals surface area contributed by atoms with Gasteiger partial charge in [0.1, 0.15) is 5.75 Å². The Labute approximate surface area is 132 Å². The Balaban J connectivity index is 1.89. The highest BCUT2D eigenvalue weighted by Gasteiger charge is 2.14. The number of H-pyrrole nitrogens is 1. The maximum Gasteiger partial charge on any atom is 0.269 e. The highest BCUT2D eigenvalue weighted by Crippen LogP contribution is 2.27. The Bertz CT molecular complexity index is 891. The summed E-state index contributed by atoms with van der Waals surface area (Å²) in [7, 11) is 0. The van der Waals surface area contributed by atoms with Crippen molar-refractivity contribution in [2.45, 2.75) is 6.92 Å². The first-order chi connectivity index (χ1) is 11.2. The van der Waals surface area contributed by atoms with Crippen molar-refractivity contribution in [2.24, 2.45) is 0 Å². The van der Waals surface area contributed by atoms with E-state index in [-0.39, 0.29) is 17.4 Å². The Morgan fingerprint density at radius 2 is 1.96 bits per heavy atom. The standard InChI is InChI=1S/C17H12N4O2/c1-11(22)16-17(20-21-19-16)23-15-4-2-3-14(9-15)13-7-5-12(10-18)6-8-13/h2-9H,1H3,(H,19,20,21). The lowest BCUT2D eigenvalue weighted by atomic mass is 10.0. The van der Waals surface area contributed by atoms with Gasteiger partial charge in [-0.3, -0.25) is 9.89 Å². The van der Waals surface area contributed by atoms with Crippen LogP contribution in [0.2, 0.25) is 0 Å². The molecule has 3 aromatic rings. The number of carbonyl (C=O) groups excluding carboxylic acids is 1. The number of nitrogens with zero attached hydrogens (tertiary/aromatic N) is 3. The first-order valence-electron chi connectivity index (χ1n) is 6.88. The fourth-order valence-electron chi connectivity index (χ4n) is 2.11. The van der Waals surface area contributed by atoms with E-state index in [1.807, 2.05) is 30.3 Å². The number of aromatic amines is 1. The van der Waals surface area contributed by atoms with Gasteiger partial charge in [0.05, 0.1) is 11.6 Å². The lowest BCUT2D eigenvalue weighted by molar-refractivity contribution is 0.101. The molecule has 2 aromatic carbocycles. The zero-order valence-corrected chi connectivity index (χ0v) is 12.3. The summed E-state index contributed by atoms with van der Waals surface area (Å²) in [6, 6.07) is 16.7. The van der Waals surface area contributed by atoms with Crippen LogP contribution < -0.4 is 4.74 Å². The van der Waals surface area contributed by atoms with Crippen LogP contribution in [0.25, 0.3) is 11.1 Å². The zero-order chi connectivity index (χ0) is 16.2. The monoisotopic (exact) mass is 304 g/mol. The molecule has 6 nitrogen and oxygen atoms in total. The summed E-state index contributed by atoms with van der Waals surface area (Å²) in [5.74, 6) is 0.492. The van der Waals surface area contributed by atoms with Crippen LogP contribution in [0.3, 0.4) is 0 Å². The van der Waals surface area contributed by atoms with Crippen LogP contribution in [0.4, 0.5) is 0 Å². The SMILES string of the molecule is CC(=O)c1[nH]nnc1Oc1cccc(-c2ccc(C#N)cc2)c1.